The number of aromatic nitrogens is 2. The minimum absolute atomic E-state index is 0.619. The molecule has 0 aliphatic rings. The Morgan fingerprint density at radius 3 is 3.40 bits per heavy atom. The van der Waals surface area contributed by atoms with Crippen molar-refractivity contribution in [1.29, 1.82) is 0 Å². The molecule has 1 rings (SSSR count). The average molecular weight is 157 g/mol. The Kier molecular flexibility index (Phi) is 2.82. The van der Waals surface area contributed by atoms with Crippen LogP contribution >= 0.6 is 11.3 Å². The highest BCUT2D eigenvalue weighted by Crippen LogP contribution is 2.10. The topological polar surface area (TPSA) is 47.4 Å². The predicted molar refractivity (Wildman–Crippen MR) is 39.7 cm³/mol. The van der Waals surface area contributed by atoms with Crippen molar-refractivity contribution >= 4 is 22.9 Å². The molecule has 10 heavy (non-hydrogen) atoms. The first-order valence-corrected chi connectivity index (χ1v) is 3.71. The minimum atomic E-state index is 0.619. The fourth-order valence-corrected chi connectivity index (χ4v) is 0.767. The summed E-state index contributed by atoms with van der Waals surface area (Å²) in [5.41, 5.74) is 1.62. The molecule has 0 radical (unpaired) electrons. The standard InChI is InChI=1S/C5H7N3OS/c1-2-9-3-6-5-8-7-4-10-5/h3-4H,2H2,1H3. The van der Waals surface area contributed by atoms with E-state index < -0.39 is 0 Å². The Morgan fingerprint density at radius 2 is 2.80 bits per heavy atom. The van der Waals surface area contributed by atoms with Gasteiger partial charge in [0.1, 0.15) is 5.51 Å². The van der Waals surface area contributed by atoms with Gasteiger partial charge < -0.3 is 4.74 Å². The molecule has 0 N–H and O–H groups in total. The van der Waals surface area contributed by atoms with Crippen molar-refractivity contribution in [2.24, 2.45) is 4.99 Å². The van der Waals surface area contributed by atoms with Gasteiger partial charge in [-0.1, -0.05) is 11.3 Å². The van der Waals surface area contributed by atoms with Crippen LogP contribution in [0.25, 0.3) is 0 Å². The van der Waals surface area contributed by atoms with Crippen LogP contribution in [0, 0.1) is 0 Å². The van der Waals surface area contributed by atoms with Gasteiger partial charge in [-0.25, -0.2) is 0 Å². The zero-order valence-electron chi connectivity index (χ0n) is 5.52. The fraction of sp³-hybridized carbons (Fsp3) is 0.400. The van der Waals surface area contributed by atoms with E-state index >= 15 is 0 Å². The van der Waals surface area contributed by atoms with Crippen LogP contribution in [0.15, 0.2) is 10.5 Å². The molecule has 0 saturated heterocycles. The molecule has 0 fully saturated rings. The van der Waals surface area contributed by atoms with Gasteiger partial charge >= 0.3 is 0 Å². The lowest BCUT2D eigenvalue weighted by atomic mass is 10.9. The van der Waals surface area contributed by atoms with E-state index in [1.807, 2.05) is 6.92 Å². The highest BCUT2D eigenvalue weighted by molar-refractivity contribution is 7.13. The molecule has 1 aromatic heterocycles. The summed E-state index contributed by atoms with van der Waals surface area (Å²) in [5, 5.41) is 7.90. The Hall–Kier alpha value is -0.970. The molecule has 1 heterocycles. The maximum atomic E-state index is 4.85. The summed E-state index contributed by atoms with van der Waals surface area (Å²) in [5.74, 6) is 0. The van der Waals surface area contributed by atoms with Crippen LogP contribution in [0.4, 0.5) is 5.13 Å². The number of nitrogens with zero attached hydrogens (tertiary/aromatic N) is 3. The fourth-order valence-electron chi connectivity index (χ4n) is 0.380. The first-order valence-electron chi connectivity index (χ1n) is 2.83. The highest BCUT2D eigenvalue weighted by atomic mass is 32.1. The molecule has 54 valence electrons. The van der Waals surface area contributed by atoms with Gasteiger partial charge in [0.05, 0.1) is 6.61 Å². The lowest BCUT2D eigenvalue weighted by molar-refractivity contribution is 0.344. The summed E-state index contributed by atoms with van der Waals surface area (Å²) in [6, 6.07) is 0. The number of hydrogen-bond donors (Lipinski definition) is 0. The summed E-state index contributed by atoms with van der Waals surface area (Å²) >= 11 is 1.37. The van der Waals surface area contributed by atoms with Crippen molar-refractivity contribution in [3.63, 3.8) is 0 Å². The van der Waals surface area contributed by atoms with Crippen molar-refractivity contribution in [1.82, 2.24) is 10.2 Å². The van der Waals surface area contributed by atoms with Gasteiger partial charge in [0.2, 0.25) is 5.13 Å². The van der Waals surface area contributed by atoms with Crippen LogP contribution in [-0.2, 0) is 4.74 Å². The Balaban J connectivity index is 2.40. The minimum Gasteiger partial charge on any atom is -0.483 e. The Morgan fingerprint density at radius 1 is 1.90 bits per heavy atom. The van der Waals surface area contributed by atoms with Gasteiger partial charge in [0.15, 0.2) is 6.40 Å². The van der Waals surface area contributed by atoms with E-state index in [4.69, 9.17) is 4.74 Å². The summed E-state index contributed by atoms with van der Waals surface area (Å²) < 4.78 is 4.85. The van der Waals surface area contributed by atoms with E-state index in [0.717, 1.165) is 0 Å². The molecule has 0 unspecified atom stereocenters. The largest absolute Gasteiger partial charge is 0.483 e. The quantitative estimate of drug-likeness (QED) is 0.489. The van der Waals surface area contributed by atoms with E-state index in [2.05, 4.69) is 15.2 Å². The maximum absolute atomic E-state index is 4.85. The third-order valence-corrected chi connectivity index (χ3v) is 1.35. The first kappa shape index (κ1) is 7.14. The predicted octanol–water partition coefficient (Wildman–Crippen LogP) is 1.23. The molecule has 0 bridgehead atoms. The second kappa shape index (κ2) is 3.94. The Bertz CT molecular complexity index is 197. The maximum Gasteiger partial charge on any atom is 0.234 e. The van der Waals surface area contributed by atoms with Crippen LogP contribution < -0.4 is 0 Å². The van der Waals surface area contributed by atoms with Crippen molar-refractivity contribution in [2.45, 2.75) is 6.92 Å². The third-order valence-electron chi connectivity index (χ3n) is 0.753. The summed E-state index contributed by atoms with van der Waals surface area (Å²) in [4.78, 5) is 3.85. The summed E-state index contributed by atoms with van der Waals surface area (Å²) in [6.07, 6.45) is 1.38. The van der Waals surface area contributed by atoms with Crippen molar-refractivity contribution in [3.8, 4) is 0 Å². The van der Waals surface area contributed by atoms with Gasteiger partial charge in [-0.2, -0.15) is 4.99 Å². The first-order chi connectivity index (χ1) is 4.93. The molecule has 1 aromatic rings. The van der Waals surface area contributed by atoms with Crippen LogP contribution in [-0.4, -0.2) is 23.2 Å². The van der Waals surface area contributed by atoms with E-state index in [-0.39, 0.29) is 0 Å². The van der Waals surface area contributed by atoms with E-state index in [1.54, 1.807) is 5.51 Å². The van der Waals surface area contributed by atoms with Crippen LogP contribution in [0.3, 0.4) is 0 Å². The molecular weight excluding hydrogens is 150 g/mol. The van der Waals surface area contributed by atoms with E-state index in [9.17, 15) is 0 Å². The molecule has 5 heteroatoms. The van der Waals surface area contributed by atoms with E-state index in [0.29, 0.717) is 11.7 Å². The van der Waals surface area contributed by atoms with Gasteiger partial charge in [-0.15, -0.1) is 10.2 Å². The van der Waals surface area contributed by atoms with E-state index in [1.165, 1.54) is 17.7 Å². The Labute approximate surface area is 62.6 Å². The van der Waals surface area contributed by atoms with Crippen LogP contribution in [0.2, 0.25) is 0 Å². The van der Waals surface area contributed by atoms with Gasteiger partial charge in [-0.05, 0) is 6.92 Å². The van der Waals surface area contributed by atoms with Gasteiger partial charge in [-0.3, -0.25) is 0 Å². The molecule has 0 saturated carbocycles. The second-order valence-electron chi connectivity index (χ2n) is 1.41. The molecule has 0 atom stereocenters. The zero-order valence-corrected chi connectivity index (χ0v) is 6.34. The normalized spacial score (nSPS) is 10.5. The summed E-state index contributed by atoms with van der Waals surface area (Å²) in [6.45, 7) is 2.52. The molecule has 0 aliphatic heterocycles. The molecule has 0 spiro atoms. The number of ether oxygens (including phenoxy) is 1. The SMILES string of the molecule is CCOC=Nc1nncs1. The molecule has 4 nitrogen and oxygen atoms in total. The highest BCUT2D eigenvalue weighted by Gasteiger charge is 1.87. The molecule has 0 amide bonds. The molecular formula is C5H7N3OS. The lowest BCUT2D eigenvalue weighted by Crippen LogP contribution is -1.83. The number of hydrogen-bond acceptors (Lipinski definition) is 5. The van der Waals surface area contributed by atoms with Crippen molar-refractivity contribution in [3.05, 3.63) is 5.51 Å². The van der Waals surface area contributed by atoms with Crippen LogP contribution in [0.5, 0.6) is 0 Å². The number of rotatable bonds is 3. The molecule has 0 aromatic carbocycles. The lowest BCUT2D eigenvalue weighted by Gasteiger charge is -1.87. The second-order valence-corrected chi connectivity index (χ2v) is 2.22. The number of aliphatic imine (C=N–C) groups is 1. The summed E-state index contributed by atoms with van der Waals surface area (Å²) in [7, 11) is 0. The smallest absolute Gasteiger partial charge is 0.234 e. The zero-order chi connectivity index (χ0) is 7.23. The third kappa shape index (κ3) is 2.10. The van der Waals surface area contributed by atoms with Gasteiger partial charge in [0.25, 0.3) is 0 Å². The molecule has 0 aliphatic carbocycles. The van der Waals surface area contributed by atoms with Crippen LogP contribution in [0.1, 0.15) is 6.92 Å². The van der Waals surface area contributed by atoms with Crippen molar-refractivity contribution in [2.75, 3.05) is 6.61 Å². The average Bonchev–Trinajstić information content (AvgIpc) is 2.41. The van der Waals surface area contributed by atoms with Crippen molar-refractivity contribution < 1.29 is 4.74 Å². The monoisotopic (exact) mass is 157 g/mol. The van der Waals surface area contributed by atoms with Gasteiger partial charge in [0, 0.05) is 0 Å².